The van der Waals surface area contributed by atoms with Gasteiger partial charge in [0.1, 0.15) is 11.0 Å². The molecule has 0 amide bonds. The lowest BCUT2D eigenvalue weighted by atomic mass is 9.88. The van der Waals surface area contributed by atoms with Crippen LogP contribution in [0.25, 0.3) is 11.3 Å². The van der Waals surface area contributed by atoms with Gasteiger partial charge in [-0.1, -0.05) is 81.4 Å². The summed E-state index contributed by atoms with van der Waals surface area (Å²) in [6.07, 6.45) is 1.61. The zero-order chi connectivity index (χ0) is 27.6. The Balaban J connectivity index is 1.22. The topological polar surface area (TPSA) is 56.7 Å². The van der Waals surface area contributed by atoms with Gasteiger partial charge in [-0.05, 0) is 52.6 Å². The number of nitrogens with zero attached hydrogens (tertiary/aromatic N) is 3. The molecule has 0 spiro atoms. The Hall–Kier alpha value is -3.48. The number of anilines is 1. The molecular weight excluding hydrogens is 502 g/mol. The van der Waals surface area contributed by atoms with E-state index in [2.05, 4.69) is 92.7 Å². The molecule has 6 heteroatoms. The third kappa shape index (κ3) is 6.75. The summed E-state index contributed by atoms with van der Waals surface area (Å²) in [5, 5.41) is 12.9. The van der Waals surface area contributed by atoms with E-state index in [1.54, 1.807) is 11.3 Å². The average Bonchev–Trinajstić information content (AvgIpc) is 3.37. The van der Waals surface area contributed by atoms with Crippen molar-refractivity contribution in [3.63, 3.8) is 0 Å². The van der Waals surface area contributed by atoms with E-state index in [0.29, 0.717) is 24.9 Å². The van der Waals surface area contributed by atoms with Crippen LogP contribution in [0.3, 0.4) is 0 Å². The molecule has 202 valence electrons. The molecule has 2 heterocycles. The molecule has 0 fully saturated rings. The first-order chi connectivity index (χ1) is 18.6. The van der Waals surface area contributed by atoms with Gasteiger partial charge < -0.3 is 10.0 Å². The molecular formula is C33H37N3O2S. The highest BCUT2D eigenvalue weighted by Crippen LogP contribution is 2.29. The maximum atomic E-state index is 12.0. The summed E-state index contributed by atoms with van der Waals surface area (Å²) in [6.45, 7) is 8.82. The normalized spacial score (nSPS) is 15.6. The van der Waals surface area contributed by atoms with E-state index in [1.807, 2.05) is 23.1 Å². The van der Waals surface area contributed by atoms with Crippen molar-refractivity contribution in [2.24, 2.45) is 5.41 Å². The van der Waals surface area contributed by atoms with Crippen LogP contribution in [-0.2, 0) is 37.3 Å². The highest BCUT2D eigenvalue weighted by atomic mass is 32.1. The third-order valence-electron chi connectivity index (χ3n) is 7.30. The lowest BCUT2D eigenvalue weighted by molar-refractivity contribution is -0.144. The number of benzene rings is 3. The van der Waals surface area contributed by atoms with Crippen LogP contribution < -0.4 is 4.90 Å². The average molecular weight is 540 g/mol. The van der Waals surface area contributed by atoms with Crippen molar-refractivity contribution >= 4 is 23.0 Å². The van der Waals surface area contributed by atoms with Gasteiger partial charge in [0.2, 0.25) is 0 Å². The van der Waals surface area contributed by atoms with E-state index in [0.717, 1.165) is 40.5 Å². The molecule has 1 N–H and O–H groups in total. The van der Waals surface area contributed by atoms with Gasteiger partial charge in [-0.25, -0.2) is 4.98 Å². The number of thiazole rings is 1. The summed E-state index contributed by atoms with van der Waals surface area (Å²) in [4.78, 5) is 21.2. The van der Waals surface area contributed by atoms with E-state index in [-0.39, 0.29) is 0 Å². The number of aliphatic carboxylic acids is 1. The number of rotatable bonds is 8. The van der Waals surface area contributed by atoms with Gasteiger partial charge in [0.25, 0.3) is 0 Å². The fraction of sp³-hybridized carbons (Fsp3) is 0.333. The Morgan fingerprint density at radius 1 is 1.00 bits per heavy atom. The Labute approximate surface area is 235 Å². The van der Waals surface area contributed by atoms with Crippen molar-refractivity contribution in [3.8, 4) is 11.3 Å². The third-order valence-corrected chi connectivity index (χ3v) is 8.14. The van der Waals surface area contributed by atoms with Crippen LogP contribution in [0, 0.1) is 5.41 Å². The van der Waals surface area contributed by atoms with Crippen molar-refractivity contribution < 1.29 is 9.90 Å². The van der Waals surface area contributed by atoms with Crippen molar-refractivity contribution in [1.82, 2.24) is 9.88 Å². The smallest absolute Gasteiger partial charge is 0.321 e. The largest absolute Gasteiger partial charge is 0.480 e. The predicted molar refractivity (Wildman–Crippen MR) is 160 cm³/mol. The second-order valence-corrected chi connectivity index (χ2v) is 12.8. The number of carboxylic acid groups (broad SMARTS) is 1. The number of fused-ring (bicyclic) bond motifs is 1. The summed E-state index contributed by atoms with van der Waals surface area (Å²) in [5.74, 6) is -0.776. The Kier molecular flexibility index (Phi) is 7.87. The summed E-state index contributed by atoms with van der Waals surface area (Å²) in [6, 6.07) is 25.1. The number of hydrogen-bond donors (Lipinski definition) is 1. The fourth-order valence-electron chi connectivity index (χ4n) is 5.30. The summed E-state index contributed by atoms with van der Waals surface area (Å²) < 4.78 is 0. The van der Waals surface area contributed by atoms with Crippen LogP contribution in [0.15, 0.2) is 78.2 Å². The van der Waals surface area contributed by atoms with E-state index >= 15 is 0 Å². The van der Waals surface area contributed by atoms with E-state index in [9.17, 15) is 9.90 Å². The first-order valence-corrected chi connectivity index (χ1v) is 14.4. The van der Waals surface area contributed by atoms with Crippen LogP contribution in [0.5, 0.6) is 0 Å². The van der Waals surface area contributed by atoms with Gasteiger partial charge >= 0.3 is 5.97 Å². The van der Waals surface area contributed by atoms with E-state index in [1.165, 1.54) is 16.7 Å². The van der Waals surface area contributed by atoms with Gasteiger partial charge in [0, 0.05) is 36.8 Å². The first-order valence-electron chi connectivity index (χ1n) is 13.5. The molecule has 1 atom stereocenters. The minimum atomic E-state index is -0.776. The van der Waals surface area contributed by atoms with Gasteiger partial charge in [-0.15, -0.1) is 11.3 Å². The van der Waals surface area contributed by atoms with Crippen LogP contribution in [0.4, 0.5) is 5.69 Å². The van der Waals surface area contributed by atoms with Gasteiger partial charge in [0.15, 0.2) is 0 Å². The zero-order valence-corrected chi connectivity index (χ0v) is 24.0. The molecule has 1 aliphatic heterocycles. The number of aromatic nitrogens is 1. The molecule has 0 aliphatic carbocycles. The van der Waals surface area contributed by atoms with Crippen molar-refractivity contribution in [2.45, 2.75) is 59.3 Å². The molecule has 0 saturated carbocycles. The molecule has 3 aromatic carbocycles. The van der Waals surface area contributed by atoms with Crippen molar-refractivity contribution in [3.05, 3.63) is 105 Å². The monoisotopic (exact) mass is 539 g/mol. The van der Waals surface area contributed by atoms with Crippen molar-refractivity contribution in [2.75, 3.05) is 11.9 Å². The molecule has 1 aromatic heterocycles. The second-order valence-electron chi connectivity index (χ2n) is 11.8. The fourth-order valence-corrected chi connectivity index (χ4v) is 6.13. The number of hydrogen-bond acceptors (Lipinski definition) is 5. The standard InChI is InChI=1S/C33H37N3O2S/c1-33(2,3)18-23-9-11-24(12-10-23)19-35(4)28-15-13-25(14-16-28)29-22-39-31(34-29)21-36-20-27-8-6-5-7-26(27)17-30(36)32(37)38/h5-16,22,30H,17-21H2,1-4H3,(H,37,38). The highest BCUT2D eigenvalue weighted by molar-refractivity contribution is 7.09. The number of carbonyl (C=O) groups is 1. The highest BCUT2D eigenvalue weighted by Gasteiger charge is 2.31. The van der Waals surface area contributed by atoms with Gasteiger partial charge in [-0.3, -0.25) is 9.69 Å². The molecule has 0 saturated heterocycles. The molecule has 1 aliphatic rings. The molecule has 1 unspecified atom stereocenters. The van der Waals surface area contributed by atoms with Crippen LogP contribution in [0.1, 0.15) is 48.0 Å². The lowest BCUT2D eigenvalue weighted by Gasteiger charge is -2.33. The lowest BCUT2D eigenvalue weighted by Crippen LogP contribution is -2.44. The van der Waals surface area contributed by atoms with E-state index < -0.39 is 12.0 Å². The molecule has 4 aromatic rings. The molecule has 39 heavy (non-hydrogen) atoms. The SMILES string of the molecule is CN(Cc1ccc(CC(C)(C)C)cc1)c1ccc(-c2csc(CN3Cc4ccccc4CC3C(=O)O)n2)cc1. The van der Waals surface area contributed by atoms with E-state index in [4.69, 9.17) is 4.98 Å². The minimum absolute atomic E-state index is 0.290. The maximum absolute atomic E-state index is 12.0. The number of carboxylic acids is 1. The first kappa shape index (κ1) is 27.1. The molecule has 0 bridgehead atoms. The second kappa shape index (κ2) is 11.3. The summed E-state index contributed by atoms with van der Waals surface area (Å²) in [7, 11) is 2.12. The quantitative estimate of drug-likeness (QED) is 0.260. The Morgan fingerprint density at radius 2 is 1.67 bits per heavy atom. The van der Waals surface area contributed by atoms with Crippen LogP contribution in [-0.4, -0.2) is 34.0 Å². The van der Waals surface area contributed by atoms with Crippen LogP contribution in [0.2, 0.25) is 0 Å². The maximum Gasteiger partial charge on any atom is 0.321 e. The zero-order valence-electron chi connectivity index (χ0n) is 23.2. The summed E-state index contributed by atoms with van der Waals surface area (Å²) in [5.41, 5.74) is 8.45. The minimum Gasteiger partial charge on any atom is -0.480 e. The Morgan fingerprint density at radius 3 is 2.33 bits per heavy atom. The molecule has 0 radical (unpaired) electrons. The van der Waals surface area contributed by atoms with Crippen LogP contribution >= 0.6 is 11.3 Å². The molecule has 5 rings (SSSR count). The van der Waals surface area contributed by atoms with Crippen molar-refractivity contribution in [1.29, 1.82) is 0 Å². The predicted octanol–water partition coefficient (Wildman–Crippen LogP) is 7.05. The van der Waals surface area contributed by atoms with Gasteiger partial charge in [-0.2, -0.15) is 0 Å². The summed E-state index contributed by atoms with van der Waals surface area (Å²) >= 11 is 1.59. The Bertz CT molecular complexity index is 1420. The van der Waals surface area contributed by atoms with Gasteiger partial charge in [0.05, 0.1) is 12.2 Å². The molecule has 5 nitrogen and oxygen atoms in total.